The Morgan fingerprint density at radius 2 is 1.77 bits per heavy atom. The fraction of sp³-hybridized carbons (Fsp3) is 0.136. The number of amides is 4. The molecule has 1 heterocycles. The number of hydrogen-bond acceptors (Lipinski definition) is 6. The van der Waals surface area contributed by atoms with E-state index in [2.05, 4.69) is 11.2 Å². The van der Waals surface area contributed by atoms with Crippen molar-refractivity contribution in [3.05, 3.63) is 53.6 Å². The molecule has 3 rings (SSSR count). The molecule has 2 aromatic rings. The fourth-order valence-corrected chi connectivity index (χ4v) is 2.80. The predicted molar refractivity (Wildman–Crippen MR) is 109 cm³/mol. The van der Waals surface area contributed by atoms with Gasteiger partial charge in [0.15, 0.2) is 11.5 Å². The van der Waals surface area contributed by atoms with Crippen molar-refractivity contribution in [3.8, 4) is 29.6 Å². The number of benzene rings is 2. The number of ether oxygens (including phenoxy) is 3. The Kier molecular flexibility index (Phi) is 6.03. The number of methoxy groups -OCH3 is 2. The molecule has 1 fully saturated rings. The molecule has 152 valence electrons. The minimum absolute atomic E-state index is 0.0661. The van der Waals surface area contributed by atoms with Gasteiger partial charge >= 0.3 is 6.03 Å². The molecule has 0 aromatic heterocycles. The Balaban J connectivity index is 1.95. The van der Waals surface area contributed by atoms with Gasteiger partial charge in [-0.2, -0.15) is 0 Å². The average molecular weight is 406 g/mol. The highest BCUT2D eigenvalue weighted by molar-refractivity contribution is 6.39. The number of carbonyl (C=O) groups excluding carboxylic acids is 3. The Morgan fingerprint density at radius 1 is 1.03 bits per heavy atom. The molecule has 1 N–H and O–H groups in total. The highest BCUT2D eigenvalue weighted by atomic mass is 16.5. The zero-order chi connectivity index (χ0) is 21.7. The lowest BCUT2D eigenvalue weighted by atomic mass is 10.1. The third kappa shape index (κ3) is 4.10. The van der Waals surface area contributed by atoms with E-state index in [1.54, 1.807) is 42.5 Å². The number of hydrogen-bond donors (Lipinski definition) is 1. The van der Waals surface area contributed by atoms with Crippen LogP contribution in [0.5, 0.6) is 17.2 Å². The molecule has 2 aromatic carbocycles. The van der Waals surface area contributed by atoms with Gasteiger partial charge in [-0.15, -0.1) is 6.42 Å². The average Bonchev–Trinajstić information content (AvgIpc) is 2.75. The summed E-state index contributed by atoms with van der Waals surface area (Å²) in [6.45, 7) is 0.0661. The summed E-state index contributed by atoms with van der Waals surface area (Å²) in [5.41, 5.74) is 0.597. The van der Waals surface area contributed by atoms with E-state index in [4.69, 9.17) is 20.6 Å². The Morgan fingerprint density at radius 3 is 2.40 bits per heavy atom. The van der Waals surface area contributed by atoms with Crippen molar-refractivity contribution in [2.75, 3.05) is 25.7 Å². The minimum atomic E-state index is -0.831. The molecule has 1 aliphatic heterocycles. The Bertz CT molecular complexity index is 1070. The number of nitrogens with one attached hydrogen (secondary N) is 1. The van der Waals surface area contributed by atoms with Crippen LogP contribution in [-0.4, -0.2) is 38.7 Å². The van der Waals surface area contributed by atoms with Gasteiger partial charge in [0.2, 0.25) is 0 Å². The fourth-order valence-electron chi connectivity index (χ4n) is 2.80. The third-order valence-electron chi connectivity index (χ3n) is 4.24. The highest BCUT2D eigenvalue weighted by Crippen LogP contribution is 2.30. The second-order valence-corrected chi connectivity index (χ2v) is 6.06. The van der Waals surface area contributed by atoms with Crippen molar-refractivity contribution >= 4 is 29.6 Å². The van der Waals surface area contributed by atoms with Crippen LogP contribution >= 0.6 is 0 Å². The molecule has 30 heavy (non-hydrogen) atoms. The van der Waals surface area contributed by atoms with Gasteiger partial charge in [0.05, 0.1) is 19.9 Å². The summed E-state index contributed by atoms with van der Waals surface area (Å²) in [5, 5.41) is 2.17. The van der Waals surface area contributed by atoms with E-state index in [9.17, 15) is 14.4 Å². The molecule has 0 radical (unpaired) electrons. The zero-order valence-corrected chi connectivity index (χ0v) is 16.3. The lowest BCUT2D eigenvalue weighted by molar-refractivity contribution is -0.122. The monoisotopic (exact) mass is 406 g/mol. The first kappa shape index (κ1) is 20.5. The Labute approximate surface area is 173 Å². The van der Waals surface area contributed by atoms with E-state index in [0.717, 1.165) is 4.90 Å². The van der Waals surface area contributed by atoms with Crippen LogP contribution in [0.2, 0.25) is 0 Å². The predicted octanol–water partition coefficient (Wildman–Crippen LogP) is 2.38. The van der Waals surface area contributed by atoms with Crippen molar-refractivity contribution in [2.45, 2.75) is 0 Å². The number of urea groups is 1. The maximum atomic E-state index is 12.9. The van der Waals surface area contributed by atoms with Gasteiger partial charge in [-0.25, -0.2) is 9.69 Å². The lowest BCUT2D eigenvalue weighted by Crippen LogP contribution is -2.54. The molecule has 0 saturated carbocycles. The molecule has 1 aliphatic rings. The number of carbonyl (C=O) groups is 3. The van der Waals surface area contributed by atoms with Gasteiger partial charge in [-0.3, -0.25) is 14.9 Å². The number of rotatable bonds is 6. The van der Waals surface area contributed by atoms with Gasteiger partial charge in [0.1, 0.15) is 17.9 Å². The molecule has 0 aliphatic carbocycles. The zero-order valence-electron chi connectivity index (χ0n) is 16.3. The summed E-state index contributed by atoms with van der Waals surface area (Å²) < 4.78 is 15.7. The van der Waals surface area contributed by atoms with Gasteiger partial charge in [-0.1, -0.05) is 12.0 Å². The van der Waals surface area contributed by atoms with Gasteiger partial charge in [-0.05, 0) is 48.0 Å². The van der Waals surface area contributed by atoms with Gasteiger partial charge < -0.3 is 14.2 Å². The van der Waals surface area contributed by atoms with Crippen molar-refractivity contribution in [2.24, 2.45) is 0 Å². The molecule has 0 bridgehead atoms. The first-order chi connectivity index (χ1) is 14.5. The van der Waals surface area contributed by atoms with E-state index >= 15 is 0 Å². The first-order valence-electron chi connectivity index (χ1n) is 8.78. The largest absolute Gasteiger partial charge is 0.497 e. The summed E-state index contributed by atoms with van der Waals surface area (Å²) >= 11 is 0. The van der Waals surface area contributed by atoms with E-state index in [1.165, 1.54) is 20.3 Å². The van der Waals surface area contributed by atoms with Crippen LogP contribution in [0.4, 0.5) is 10.5 Å². The van der Waals surface area contributed by atoms with Crippen LogP contribution in [0.15, 0.2) is 48.0 Å². The van der Waals surface area contributed by atoms with Crippen molar-refractivity contribution < 1.29 is 28.6 Å². The van der Waals surface area contributed by atoms with Gasteiger partial charge in [0, 0.05) is 0 Å². The molecule has 0 spiro atoms. The molecular weight excluding hydrogens is 388 g/mol. The van der Waals surface area contributed by atoms with Crippen LogP contribution in [0.3, 0.4) is 0 Å². The normalized spacial score (nSPS) is 14.9. The standard InChI is InChI=1S/C22H18N2O6/c1-4-11-30-18-10-5-14(13-19(18)29-3)12-17-20(25)23-22(27)24(21(17)26)15-6-8-16(28-2)9-7-15/h1,5-10,12-13H,11H2,2-3H3,(H,23,25,27)/b17-12+. The lowest BCUT2D eigenvalue weighted by Gasteiger charge is -2.26. The number of imide groups is 2. The summed E-state index contributed by atoms with van der Waals surface area (Å²) in [4.78, 5) is 38.4. The van der Waals surface area contributed by atoms with Crippen LogP contribution in [0, 0.1) is 12.3 Å². The van der Waals surface area contributed by atoms with E-state index in [-0.39, 0.29) is 12.2 Å². The van der Waals surface area contributed by atoms with Crippen molar-refractivity contribution in [1.82, 2.24) is 5.32 Å². The second-order valence-electron chi connectivity index (χ2n) is 6.06. The van der Waals surface area contributed by atoms with Crippen LogP contribution in [0.25, 0.3) is 6.08 Å². The molecular formula is C22H18N2O6. The molecule has 0 unspecified atom stereocenters. The molecule has 4 amide bonds. The maximum absolute atomic E-state index is 12.9. The number of barbiturate groups is 1. The molecule has 0 atom stereocenters. The summed E-state index contributed by atoms with van der Waals surface area (Å²) in [6, 6.07) is 10.3. The van der Waals surface area contributed by atoms with Crippen LogP contribution in [-0.2, 0) is 9.59 Å². The van der Waals surface area contributed by atoms with Crippen LogP contribution < -0.4 is 24.4 Å². The van der Waals surface area contributed by atoms with Crippen LogP contribution in [0.1, 0.15) is 5.56 Å². The third-order valence-corrected chi connectivity index (χ3v) is 4.24. The van der Waals surface area contributed by atoms with Crippen molar-refractivity contribution in [3.63, 3.8) is 0 Å². The van der Waals surface area contributed by atoms with E-state index in [0.29, 0.717) is 28.5 Å². The highest BCUT2D eigenvalue weighted by Gasteiger charge is 2.36. The second kappa shape index (κ2) is 8.84. The summed E-state index contributed by atoms with van der Waals surface area (Å²) in [5.74, 6) is 2.19. The molecule has 8 nitrogen and oxygen atoms in total. The summed E-state index contributed by atoms with van der Waals surface area (Å²) in [6.07, 6.45) is 6.56. The van der Waals surface area contributed by atoms with E-state index in [1.807, 2.05) is 0 Å². The smallest absolute Gasteiger partial charge is 0.335 e. The minimum Gasteiger partial charge on any atom is -0.497 e. The molecule has 8 heteroatoms. The topological polar surface area (TPSA) is 94.2 Å². The SMILES string of the molecule is C#CCOc1ccc(/C=C2\C(=O)NC(=O)N(c3ccc(OC)cc3)C2=O)cc1OC. The first-order valence-corrected chi connectivity index (χ1v) is 8.78. The quantitative estimate of drug-likeness (QED) is 0.450. The van der Waals surface area contributed by atoms with Crippen molar-refractivity contribution in [1.29, 1.82) is 0 Å². The maximum Gasteiger partial charge on any atom is 0.335 e. The summed E-state index contributed by atoms with van der Waals surface area (Å²) in [7, 11) is 2.96. The van der Waals surface area contributed by atoms with E-state index < -0.39 is 17.8 Å². The number of terminal acetylenes is 1. The van der Waals surface area contributed by atoms with Gasteiger partial charge in [0.25, 0.3) is 11.8 Å². The Hall–Kier alpha value is -4.25. The number of anilines is 1. The number of nitrogens with zero attached hydrogens (tertiary/aromatic N) is 1. The molecule has 1 saturated heterocycles.